The molecule has 0 heterocycles. The van der Waals surface area contributed by atoms with Crippen LogP contribution in [0.15, 0.2) is 115 Å². The second-order valence-corrected chi connectivity index (χ2v) is 7.66. The summed E-state index contributed by atoms with van der Waals surface area (Å²) in [5, 5.41) is 95.4. The molecule has 0 bridgehead atoms. The molecular weight excluding hydrogens is 536 g/mol. The van der Waals surface area contributed by atoms with Gasteiger partial charge in [-0.2, -0.15) is 0 Å². The third kappa shape index (κ3) is 13.9. The molecule has 5 rings (SSSR count). The van der Waals surface area contributed by atoms with Crippen molar-refractivity contribution in [3.63, 3.8) is 0 Å². The smallest absolute Gasteiger partial charge is 0.200 e. The summed E-state index contributed by atoms with van der Waals surface area (Å²) in [4.78, 5) is 0. The molecule has 5 aromatic rings. The van der Waals surface area contributed by atoms with E-state index in [9.17, 15) is 0 Å². The van der Waals surface area contributed by atoms with E-state index >= 15 is 0 Å². The zero-order valence-electron chi connectivity index (χ0n) is 21.4. The molecule has 0 spiro atoms. The van der Waals surface area contributed by atoms with Gasteiger partial charge in [-0.25, -0.2) is 0 Å². The molecule has 11 nitrogen and oxygen atoms in total. The van der Waals surface area contributed by atoms with E-state index in [1.54, 1.807) is 36.4 Å². The predicted octanol–water partition coefficient (Wildman–Crippen LogP) is 5.19. The Morgan fingerprint density at radius 1 is 0.244 bits per heavy atom. The van der Waals surface area contributed by atoms with E-state index in [4.69, 9.17) is 56.2 Å². The van der Waals surface area contributed by atoms with Crippen LogP contribution in [0.4, 0.5) is 0 Å². The van der Waals surface area contributed by atoms with Crippen molar-refractivity contribution in [2.75, 3.05) is 0 Å². The summed E-state index contributed by atoms with van der Waals surface area (Å²) < 4.78 is 0. The van der Waals surface area contributed by atoms with Crippen LogP contribution in [0.1, 0.15) is 0 Å². The first-order valence-corrected chi connectivity index (χ1v) is 11.5. The highest BCUT2D eigenvalue weighted by molar-refractivity contribution is 5.48. The van der Waals surface area contributed by atoms with Gasteiger partial charge in [0.1, 0.15) is 28.7 Å². The number of benzene rings is 5. The van der Waals surface area contributed by atoms with Crippen LogP contribution in [0.5, 0.6) is 63.2 Å². The van der Waals surface area contributed by atoms with Gasteiger partial charge in [0, 0.05) is 12.1 Å². The third-order valence-corrected chi connectivity index (χ3v) is 4.40. The van der Waals surface area contributed by atoms with Crippen molar-refractivity contribution in [3.8, 4) is 63.2 Å². The third-order valence-electron chi connectivity index (χ3n) is 4.40. The number of para-hydroxylation sites is 3. The van der Waals surface area contributed by atoms with Crippen LogP contribution in [0.25, 0.3) is 0 Å². The molecule has 0 aliphatic carbocycles. The van der Waals surface area contributed by atoms with Gasteiger partial charge in [-0.1, -0.05) is 42.5 Å². The topological polar surface area (TPSA) is 223 Å². The number of aromatic hydroxyl groups is 11. The Balaban J connectivity index is 0.000000257. The molecule has 0 fully saturated rings. The first kappa shape index (κ1) is 32.9. The Kier molecular flexibility index (Phi) is 14.0. The lowest BCUT2D eigenvalue weighted by Gasteiger charge is -1.96. The molecule has 216 valence electrons. The molecule has 11 heteroatoms. The van der Waals surface area contributed by atoms with Crippen molar-refractivity contribution in [2.24, 2.45) is 0 Å². The van der Waals surface area contributed by atoms with E-state index < -0.39 is 11.5 Å². The minimum Gasteiger partial charge on any atom is -0.508 e. The fourth-order valence-electron chi connectivity index (χ4n) is 2.45. The second-order valence-electron chi connectivity index (χ2n) is 7.66. The molecule has 0 aromatic heterocycles. The molecule has 0 atom stereocenters. The molecule has 5 aromatic carbocycles. The van der Waals surface area contributed by atoms with Gasteiger partial charge in [0.05, 0.1) is 0 Å². The van der Waals surface area contributed by atoms with Gasteiger partial charge in [0.2, 0.25) is 0 Å². The monoisotopic (exact) mass is 566 g/mol. The number of hydrogen-bond donors (Lipinski definition) is 11. The van der Waals surface area contributed by atoms with E-state index in [2.05, 4.69) is 0 Å². The first-order valence-electron chi connectivity index (χ1n) is 11.5. The minimum absolute atomic E-state index is 0.0880. The average Bonchev–Trinajstić information content (AvgIpc) is 2.92. The maximum absolute atomic E-state index is 8.71. The highest BCUT2D eigenvalue weighted by atomic mass is 16.3. The van der Waals surface area contributed by atoms with Gasteiger partial charge >= 0.3 is 0 Å². The van der Waals surface area contributed by atoms with Crippen LogP contribution < -0.4 is 0 Å². The van der Waals surface area contributed by atoms with Crippen molar-refractivity contribution >= 4 is 0 Å². The Hall–Kier alpha value is -6.10. The van der Waals surface area contributed by atoms with E-state index in [1.165, 1.54) is 72.8 Å². The largest absolute Gasteiger partial charge is 0.508 e. The summed E-state index contributed by atoms with van der Waals surface area (Å²) in [6.45, 7) is 0. The number of rotatable bonds is 0. The average molecular weight is 567 g/mol. The van der Waals surface area contributed by atoms with Crippen LogP contribution in [-0.4, -0.2) is 56.2 Å². The molecule has 41 heavy (non-hydrogen) atoms. The van der Waals surface area contributed by atoms with Crippen molar-refractivity contribution in [1.29, 1.82) is 0 Å². The normalized spacial score (nSPS) is 9.07. The van der Waals surface area contributed by atoms with Gasteiger partial charge in [0.25, 0.3) is 0 Å². The Morgan fingerprint density at radius 2 is 0.488 bits per heavy atom. The van der Waals surface area contributed by atoms with Crippen LogP contribution >= 0.6 is 0 Å². The van der Waals surface area contributed by atoms with Crippen LogP contribution in [-0.2, 0) is 0 Å². The second kappa shape index (κ2) is 17.4. The van der Waals surface area contributed by atoms with Crippen molar-refractivity contribution in [2.45, 2.75) is 0 Å². The Morgan fingerprint density at radius 3 is 0.659 bits per heavy atom. The summed E-state index contributed by atoms with van der Waals surface area (Å²) in [5.74, 6) is -1.52. The summed E-state index contributed by atoms with van der Waals surface area (Å²) in [7, 11) is 0. The molecule has 0 aliphatic heterocycles. The molecule has 0 radical (unpaired) electrons. The van der Waals surface area contributed by atoms with E-state index in [0.717, 1.165) is 0 Å². The van der Waals surface area contributed by atoms with E-state index in [-0.39, 0.29) is 46.0 Å². The quantitative estimate of drug-likeness (QED) is 0.109. The van der Waals surface area contributed by atoms with Gasteiger partial charge in [0.15, 0.2) is 34.5 Å². The van der Waals surface area contributed by atoms with Gasteiger partial charge in [-0.15, -0.1) is 0 Å². The zero-order chi connectivity index (χ0) is 30.8. The SMILES string of the molecule is Oc1cccc(O)c1.Oc1cccc(O)c1.Oc1cccc(O)c1O.Oc1cccc(O)c1O.Oc1ccccc1. The number of hydrogen-bond acceptors (Lipinski definition) is 11. The predicted molar refractivity (Wildman–Crippen MR) is 151 cm³/mol. The highest BCUT2D eigenvalue weighted by Crippen LogP contribution is 2.33. The highest BCUT2D eigenvalue weighted by Gasteiger charge is 2.01. The number of phenolic OH excluding ortho intramolecular Hbond substituents is 11. The van der Waals surface area contributed by atoms with Crippen LogP contribution in [0.2, 0.25) is 0 Å². The van der Waals surface area contributed by atoms with Crippen molar-refractivity contribution < 1.29 is 56.2 Å². The fraction of sp³-hybridized carbons (Fsp3) is 0. The van der Waals surface area contributed by atoms with E-state index in [0.29, 0.717) is 5.75 Å². The maximum atomic E-state index is 8.71. The van der Waals surface area contributed by atoms with Crippen LogP contribution in [0, 0.1) is 0 Å². The van der Waals surface area contributed by atoms with Crippen molar-refractivity contribution in [1.82, 2.24) is 0 Å². The number of phenols is 11. The minimum atomic E-state index is -0.475. The fourth-order valence-corrected chi connectivity index (χ4v) is 2.45. The first-order chi connectivity index (χ1) is 19.4. The summed E-state index contributed by atoms with van der Waals surface area (Å²) in [6, 6.07) is 28.4. The molecule has 11 N–H and O–H groups in total. The van der Waals surface area contributed by atoms with Gasteiger partial charge in [-0.05, 0) is 60.7 Å². The summed E-state index contributed by atoms with van der Waals surface area (Å²) >= 11 is 0. The lowest BCUT2D eigenvalue weighted by Crippen LogP contribution is -1.67. The lowest BCUT2D eigenvalue weighted by atomic mass is 10.3. The Labute approximate surface area is 234 Å². The molecular formula is C30H30O11. The van der Waals surface area contributed by atoms with Crippen LogP contribution in [0.3, 0.4) is 0 Å². The van der Waals surface area contributed by atoms with Gasteiger partial charge in [-0.3, -0.25) is 0 Å². The molecule has 0 amide bonds. The lowest BCUT2D eigenvalue weighted by molar-refractivity contribution is 0.368. The van der Waals surface area contributed by atoms with Gasteiger partial charge < -0.3 is 56.2 Å². The molecule has 0 saturated heterocycles. The Bertz CT molecular complexity index is 1290. The van der Waals surface area contributed by atoms with E-state index in [1.807, 2.05) is 6.07 Å². The summed E-state index contributed by atoms with van der Waals surface area (Å²) in [6.07, 6.45) is 0. The molecule has 0 saturated carbocycles. The molecule has 0 unspecified atom stereocenters. The maximum Gasteiger partial charge on any atom is 0.200 e. The standard InChI is InChI=1S/2C6H6O3.2C6H6O2.C6H6O/c2*7-4-2-1-3-5(8)6(4)9;2*7-5-2-1-3-6(8)4-5;7-6-4-2-1-3-5-6/h2*1-3,7-9H;2*1-4,7-8H;1-5,7H. The molecule has 0 aliphatic rings. The van der Waals surface area contributed by atoms with Crippen molar-refractivity contribution in [3.05, 3.63) is 115 Å². The zero-order valence-corrected chi connectivity index (χ0v) is 21.4. The summed E-state index contributed by atoms with van der Waals surface area (Å²) in [5.41, 5.74) is 0.